The highest BCUT2D eigenvalue weighted by molar-refractivity contribution is 5.99. The summed E-state index contributed by atoms with van der Waals surface area (Å²) in [5.41, 5.74) is 5.09. The van der Waals surface area contributed by atoms with E-state index in [1.165, 1.54) is 0 Å². The molecule has 3 aromatic rings. The van der Waals surface area contributed by atoms with Crippen LogP contribution < -0.4 is 0 Å². The predicted octanol–water partition coefficient (Wildman–Crippen LogP) is 4.46. The zero-order valence-electron chi connectivity index (χ0n) is 13.6. The van der Waals surface area contributed by atoms with E-state index in [4.69, 9.17) is 4.74 Å². The minimum Gasteiger partial charge on any atom is -0.341 e. The van der Waals surface area contributed by atoms with E-state index in [9.17, 15) is 4.79 Å². The van der Waals surface area contributed by atoms with E-state index in [0.29, 0.717) is 6.54 Å². The molecule has 0 saturated carbocycles. The van der Waals surface area contributed by atoms with Crippen LogP contribution in [-0.4, -0.2) is 10.8 Å². The van der Waals surface area contributed by atoms with Crippen molar-refractivity contribution in [3.8, 4) is 0 Å². The van der Waals surface area contributed by atoms with Gasteiger partial charge in [0.25, 0.3) is 5.91 Å². The van der Waals surface area contributed by atoms with Crippen molar-refractivity contribution in [2.75, 3.05) is 0 Å². The van der Waals surface area contributed by atoms with Crippen molar-refractivity contribution in [1.29, 1.82) is 0 Å². The number of nitrogens with zero attached hydrogens (tertiary/aromatic N) is 1. The Labute approximate surface area is 146 Å². The van der Waals surface area contributed by atoms with Gasteiger partial charge in [0.05, 0.1) is 0 Å². The lowest BCUT2D eigenvalue weighted by Crippen LogP contribution is -2.27. The van der Waals surface area contributed by atoms with Gasteiger partial charge in [-0.15, -0.1) is 0 Å². The number of fused-ring (bicyclic) bond motifs is 4. The Morgan fingerprint density at radius 1 is 0.800 bits per heavy atom. The van der Waals surface area contributed by atoms with Gasteiger partial charge < -0.3 is 9.64 Å². The Kier molecular flexibility index (Phi) is 3.22. The van der Waals surface area contributed by atoms with E-state index in [0.717, 1.165) is 27.8 Å². The van der Waals surface area contributed by atoms with Gasteiger partial charge in [-0.1, -0.05) is 72.8 Å². The van der Waals surface area contributed by atoms with E-state index < -0.39 is 0 Å². The van der Waals surface area contributed by atoms with Gasteiger partial charge in [0.2, 0.25) is 0 Å². The summed E-state index contributed by atoms with van der Waals surface area (Å²) < 4.78 is 6.55. The molecule has 0 aliphatic carbocycles. The van der Waals surface area contributed by atoms with Crippen molar-refractivity contribution >= 4 is 5.91 Å². The van der Waals surface area contributed by atoms with Gasteiger partial charge in [-0.2, -0.15) is 0 Å². The van der Waals surface area contributed by atoms with Crippen molar-refractivity contribution in [2.24, 2.45) is 0 Å². The quantitative estimate of drug-likeness (QED) is 0.660. The number of amides is 1. The molecule has 0 N–H and O–H groups in total. The summed E-state index contributed by atoms with van der Waals surface area (Å²) in [6.07, 6.45) is -0.535. The maximum Gasteiger partial charge on any atom is 0.256 e. The Balaban J connectivity index is 1.68. The highest BCUT2D eigenvalue weighted by Gasteiger charge is 2.41. The Morgan fingerprint density at radius 2 is 1.48 bits per heavy atom. The fourth-order valence-corrected chi connectivity index (χ4v) is 3.84. The lowest BCUT2D eigenvalue weighted by molar-refractivity contribution is -0.0644. The molecule has 5 rings (SSSR count). The van der Waals surface area contributed by atoms with Crippen molar-refractivity contribution < 1.29 is 9.53 Å². The number of hydrogen-bond donors (Lipinski definition) is 0. The van der Waals surface area contributed by atoms with Gasteiger partial charge in [-0.25, -0.2) is 0 Å². The van der Waals surface area contributed by atoms with E-state index in [1.54, 1.807) is 0 Å². The first-order valence-electron chi connectivity index (χ1n) is 8.51. The van der Waals surface area contributed by atoms with Crippen LogP contribution in [0.1, 0.15) is 44.9 Å². The Bertz CT molecular complexity index is 951. The van der Waals surface area contributed by atoms with Gasteiger partial charge in [-0.3, -0.25) is 4.79 Å². The number of hydrogen-bond acceptors (Lipinski definition) is 2. The smallest absolute Gasteiger partial charge is 0.256 e. The summed E-state index contributed by atoms with van der Waals surface area (Å²) in [5, 5.41) is 0. The third-order valence-electron chi connectivity index (χ3n) is 5.05. The molecule has 2 aliphatic rings. The summed E-state index contributed by atoms with van der Waals surface area (Å²) in [4.78, 5) is 14.7. The van der Waals surface area contributed by atoms with Crippen molar-refractivity contribution in [3.63, 3.8) is 0 Å². The molecule has 0 radical (unpaired) electrons. The maximum atomic E-state index is 12.9. The maximum absolute atomic E-state index is 12.9. The molecule has 0 fully saturated rings. The van der Waals surface area contributed by atoms with Crippen molar-refractivity contribution in [3.05, 3.63) is 107 Å². The highest BCUT2D eigenvalue weighted by Crippen LogP contribution is 2.44. The first kappa shape index (κ1) is 14.4. The monoisotopic (exact) mass is 327 g/mol. The Hall–Kier alpha value is -2.91. The van der Waals surface area contributed by atoms with E-state index in [1.807, 2.05) is 59.5 Å². The number of carbonyl (C=O) groups excluding carboxylic acids is 1. The molecule has 2 aliphatic heterocycles. The summed E-state index contributed by atoms with van der Waals surface area (Å²) in [6.45, 7) is 0.567. The van der Waals surface area contributed by atoms with Crippen molar-refractivity contribution in [2.45, 2.75) is 18.9 Å². The molecule has 0 aromatic heterocycles. The minimum atomic E-state index is -0.346. The number of carbonyl (C=O) groups is 1. The van der Waals surface area contributed by atoms with Gasteiger partial charge in [-0.05, 0) is 22.8 Å². The summed E-state index contributed by atoms with van der Waals surface area (Å²) in [5.74, 6) is 0.0455. The van der Waals surface area contributed by atoms with E-state index >= 15 is 0 Å². The molecule has 2 heterocycles. The first-order valence-corrected chi connectivity index (χ1v) is 8.51. The molecule has 0 saturated heterocycles. The molecule has 0 bridgehead atoms. The third kappa shape index (κ3) is 2.20. The molecule has 3 heteroatoms. The zero-order valence-corrected chi connectivity index (χ0v) is 13.6. The molecule has 2 atom stereocenters. The summed E-state index contributed by atoms with van der Waals surface area (Å²) in [6, 6.07) is 26.2. The summed E-state index contributed by atoms with van der Waals surface area (Å²) >= 11 is 0. The molecule has 25 heavy (non-hydrogen) atoms. The fraction of sp³-hybridized carbons (Fsp3) is 0.136. The molecule has 3 aromatic carbocycles. The second-order valence-electron chi connectivity index (χ2n) is 6.50. The number of benzene rings is 3. The standard InChI is InChI=1S/C22H17NO2/c24-21-18-12-6-7-13-19(18)22-23(21)14-16-10-4-5-11-17(16)20(25-22)15-8-2-1-3-9-15/h1-13,20,22H,14H2/t20-,22+/m0/s1. The normalized spacial score (nSPS) is 21.3. The van der Waals surface area contributed by atoms with Gasteiger partial charge in [0.1, 0.15) is 6.10 Å². The van der Waals surface area contributed by atoms with E-state index in [-0.39, 0.29) is 18.2 Å². The van der Waals surface area contributed by atoms with Crippen LogP contribution in [0.15, 0.2) is 78.9 Å². The van der Waals surface area contributed by atoms with Crippen LogP contribution in [0, 0.1) is 0 Å². The minimum absolute atomic E-state index is 0.0455. The second kappa shape index (κ2) is 5.57. The van der Waals surface area contributed by atoms with Crippen LogP contribution in [0.2, 0.25) is 0 Å². The molecule has 0 unspecified atom stereocenters. The molecule has 3 nitrogen and oxygen atoms in total. The molecular formula is C22H17NO2. The molecule has 122 valence electrons. The first-order chi connectivity index (χ1) is 12.3. The summed E-state index contributed by atoms with van der Waals surface area (Å²) in [7, 11) is 0. The van der Waals surface area contributed by atoms with Crippen LogP contribution >= 0.6 is 0 Å². The van der Waals surface area contributed by atoms with Gasteiger partial charge >= 0.3 is 0 Å². The lowest BCUT2D eigenvalue weighted by Gasteiger charge is -2.25. The van der Waals surface area contributed by atoms with Crippen LogP contribution in [0.4, 0.5) is 0 Å². The highest BCUT2D eigenvalue weighted by atomic mass is 16.5. The van der Waals surface area contributed by atoms with Crippen LogP contribution in [0.5, 0.6) is 0 Å². The van der Waals surface area contributed by atoms with Crippen LogP contribution in [-0.2, 0) is 11.3 Å². The Morgan fingerprint density at radius 3 is 2.32 bits per heavy atom. The van der Waals surface area contributed by atoms with Crippen LogP contribution in [0.25, 0.3) is 0 Å². The van der Waals surface area contributed by atoms with Gasteiger partial charge in [0.15, 0.2) is 6.23 Å². The van der Waals surface area contributed by atoms with Crippen LogP contribution in [0.3, 0.4) is 0 Å². The average Bonchev–Trinajstić information content (AvgIpc) is 2.83. The molecule has 1 amide bonds. The lowest BCUT2D eigenvalue weighted by atomic mass is 9.96. The molecular weight excluding hydrogens is 310 g/mol. The third-order valence-corrected chi connectivity index (χ3v) is 5.05. The second-order valence-corrected chi connectivity index (χ2v) is 6.50. The van der Waals surface area contributed by atoms with Gasteiger partial charge in [0, 0.05) is 17.7 Å². The zero-order chi connectivity index (χ0) is 16.8. The average molecular weight is 327 g/mol. The topological polar surface area (TPSA) is 29.5 Å². The van der Waals surface area contributed by atoms with Crippen molar-refractivity contribution in [1.82, 2.24) is 4.90 Å². The fourth-order valence-electron chi connectivity index (χ4n) is 3.84. The number of ether oxygens (including phenoxy) is 1. The largest absolute Gasteiger partial charge is 0.341 e. The SMILES string of the molecule is O=C1c2ccccc2[C@H]2O[C@@H](c3ccccc3)c3ccccc3CN12. The van der Waals surface area contributed by atoms with E-state index in [2.05, 4.69) is 24.3 Å². The molecule has 0 spiro atoms. The predicted molar refractivity (Wildman–Crippen MR) is 94.9 cm³/mol. The number of rotatable bonds is 1.